The van der Waals surface area contributed by atoms with E-state index in [0.717, 1.165) is 5.56 Å². The zero-order chi connectivity index (χ0) is 27.5. The summed E-state index contributed by atoms with van der Waals surface area (Å²) in [4.78, 5) is 10.7. The van der Waals surface area contributed by atoms with Gasteiger partial charge in [0.1, 0.15) is 30.1 Å². The number of nitrogens with zero attached hydrogens (tertiary/aromatic N) is 8. The summed E-state index contributed by atoms with van der Waals surface area (Å²) in [7, 11) is -0.430. The molecule has 1 unspecified atom stereocenters. The average molecular weight is 560 g/mol. The number of rotatable bonds is 5. The van der Waals surface area contributed by atoms with Gasteiger partial charge in [0.05, 0.1) is 27.7 Å². The number of aryl methyl sites for hydroxylation is 1. The van der Waals surface area contributed by atoms with Gasteiger partial charge in [-0.1, -0.05) is 11.6 Å². The number of benzene rings is 1. The van der Waals surface area contributed by atoms with Crippen LogP contribution < -0.4 is 10.5 Å². The number of hydrogen-bond donors (Lipinski definition) is 1. The van der Waals surface area contributed by atoms with Gasteiger partial charge < -0.3 is 10.5 Å². The molecule has 202 valence electrons. The van der Waals surface area contributed by atoms with Crippen LogP contribution in [0.4, 0.5) is 5.82 Å². The molecule has 12 nitrogen and oxygen atoms in total. The third-order valence-corrected chi connectivity index (χ3v) is 9.46. The lowest BCUT2D eigenvalue weighted by atomic mass is 9.97. The molecule has 0 radical (unpaired) electrons. The molecule has 2 aliphatic heterocycles. The topological polar surface area (TPSA) is 146 Å². The molecule has 0 amide bonds. The van der Waals surface area contributed by atoms with Gasteiger partial charge in [0.2, 0.25) is 0 Å². The Kier molecular flexibility index (Phi) is 6.73. The first-order valence-corrected chi connectivity index (χ1v) is 14.0. The van der Waals surface area contributed by atoms with E-state index in [-0.39, 0.29) is 18.2 Å². The molecule has 14 heteroatoms. The number of hydrogen-bond acceptors (Lipinski definition) is 9. The highest BCUT2D eigenvalue weighted by molar-refractivity contribution is 7.86. The lowest BCUT2D eigenvalue weighted by Crippen LogP contribution is -2.63. The van der Waals surface area contributed by atoms with Crippen LogP contribution in [0.15, 0.2) is 12.4 Å². The molecule has 0 bridgehead atoms. The molecule has 38 heavy (non-hydrogen) atoms. The molecule has 1 fully saturated rings. The van der Waals surface area contributed by atoms with E-state index < -0.39 is 10.2 Å². The second-order valence-electron chi connectivity index (χ2n) is 10.0. The van der Waals surface area contributed by atoms with Crippen molar-refractivity contribution in [3.05, 3.63) is 39.8 Å². The van der Waals surface area contributed by atoms with Crippen LogP contribution in [-0.4, -0.2) is 87.6 Å². The minimum atomic E-state index is -3.48. The fourth-order valence-electron chi connectivity index (χ4n) is 5.18. The van der Waals surface area contributed by atoms with Crippen molar-refractivity contribution in [2.24, 2.45) is 0 Å². The Labute approximate surface area is 226 Å². The fraction of sp³-hybridized carbons (Fsp3) is 0.500. The summed E-state index contributed by atoms with van der Waals surface area (Å²) in [6.07, 6.45) is 1.19. The molecule has 2 aliphatic rings. The zero-order valence-electron chi connectivity index (χ0n) is 21.9. The highest BCUT2D eigenvalue weighted by Gasteiger charge is 2.42. The second-order valence-corrected chi connectivity index (χ2v) is 12.6. The maximum atomic E-state index is 12.5. The predicted molar refractivity (Wildman–Crippen MR) is 143 cm³/mol. The Bertz CT molecular complexity index is 1560. The van der Waals surface area contributed by atoms with E-state index in [9.17, 15) is 13.7 Å². The third-order valence-electron chi connectivity index (χ3n) is 7.29. The van der Waals surface area contributed by atoms with Crippen LogP contribution in [0, 0.1) is 18.3 Å². The molecule has 0 saturated carbocycles. The Morgan fingerprint density at radius 3 is 2.66 bits per heavy atom. The molecule has 2 atom stereocenters. The predicted octanol–water partition coefficient (Wildman–Crippen LogP) is 1.92. The molecular weight excluding hydrogens is 530 g/mol. The fourth-order valence-corrected chi connectivity index (χ4v) is 6.64. The van der Waals surface area contributed by atoms with Gasteiger partial charge in [0.25, 0.3) is 10.2 Å². The van der Waals surface area contributed by atoms with Gasteiger partial charge >= 0.3 is 0 Å². The lowest BCUT2D eigenvalue weighted by molar-refractivity contribution is 0.0563. The Balaban J connectivity index is 1.54. The molecule has 2 N–H and O–H groups in total. The van der Waals surface area contributed by atoms with E-state index in [0.29, 0.717) is 70.6 Å². The van der Waals surface area contributed by atoms with E-state index in [1.165, 1.54) is 29.0 Å². The number of nitrogen functional groups attached to an aromatic ring is 1. The van der Waals surface area contributed by atoms with E-state index in [1.807, 2.05) is 20.8 Å². The molecule has 5 rings (SSSR count). The van der Waals surface area contributed by atoms with Gasteiger partial charge in [0.15, 0.2) is 5.65 Å². The van der Waals surface area contributed by atoms with Gasteiger partial charge in [-0.05, 0) is 26.8 Å². The van der Waals surface area contributed by atoms with Crippen LogP contribution in [-0.2, 0) is 16.8 Å². The summed E-state index contributed by atoms with van der Waals surface area (Å²) >= 11 is 6.66. The number of halogens is 1. The monoisotopic (exact) mass is 559 g/mol. The van der Waals surface area contributed by atoms with Gasteiger partial charge in [-0.2, -0.15) is 27.4 Å². The number of fused-ring (bicyclic) bond motifs is 2. The Hall–Kier alpha value is -3.02. The van der Waals surface area contributed by atoms with E-state index in [1.54, 1.807) is 10.7 Å². The summed E-state index contributed by atoms with van der Waals surface area (Å²) in [5.74, 6) is 0.947. The summed E-state index contributed by atoms with van der Waals surface area (Å²) < 4.78 is 35.9. The van der Waals surface area contributed by atoms with Crippen LogP contribution in [0.25, 0.3) is 11.0 Å². The molecule has 2 aromatic heterocycles. The SMILES string of the molecule is Cc1nn(C(C)c2cc(Cl)c(C#N)c3c2O[C@H](C)CN(C2CN(S(=O)(=O)N(C)C)C2)C3)c2ncnc(N)c12. The first-order chi connectivity index (χ1) is 17.9. The van der Waals surface area contributed by atoms with Crippen molar-refractivity contribution in [1.82, 2.24) is 33.3 Å². The average Bonchev–Trinajstić information content (AvgIpc) is 3.06. The van der Waals surface area contributed by atoms with Crippen molar-refractivity contribution in [2.75, 3.05) is 39.5 Å². The first kappa shape index (κ1) is 26.6. The van der Waals surface area contributed by atoms with Gasteiger partial charge in [-0.15, -0.1) is 0 Å². The summed E-state index contributed by atoms with van der Waals surface area (Å²) in [6.45, 7) is 7.49. The van der Waals surface area contributed by atoms with Crippen LogP contribution in [0.5, 0.6) is 5.75 Å². The minimum absolute atomic E-state index is 0.00879. The Morgan fingerprint density at radius 1 is 1.29 bits per heavy atom. The maximum Gasteiger partial charge on any atom is 0.281 e. The molecule has 0 spiro atoms. The van der Waals surface area contributed by atoms with Crippen molar-refractivity contribution in [1.29, 1.82) is 5.26 Å². The minimum Gasteiger partial charge on any atom is -0.489 e. The van der Waals surface area contributed by atoms with E-state index in [2.05, 4.69) is 20.9 Å². The van der Waals surface area contributed by atoms with Crippen LogP contribution >= 0.6 is 11.6 Å². The second kappa shape index (κ2) is 9.62. The summed E-state index contributed by atoms with van der Waals surface area (Å²) in [5, 5.41) is 15.7. The van der Waals surface area contributed by atoms with Crippen LogP contribution in [0.2, 0.25) is 5.02 Å². The van der Waals surface area contributed by atoms with E-state index in [4.69, 9.17) is 27.2 Å². The van der Waals surface area contributed by atoms with Crippen LogP contribution in [0.3, 0.4) is 0 Å². The normalized spacial score (nSPS) is 20.0. The largest absolute Gasteiger partial charge is 0.489 e. The maximum absolute atomic E-state index is 12.5. The number of anilines is 1. The highest BCUT2D eigenvalue weighted by Crippen LogP contribution is 2.41. The summed E-state index contributed by atoms with van der Waals surface area (Å²) in [5.41, 5.74) is 9.20. The van der Waals surface area contributed by atoms with Gasteiger partial charge in [-0.3, -0.25) is 4.90 Å². The quantitative estimate of drug-likeness (QED) is 0.495. The van der Waals surface area contributed by atoms with Crippen molar-refractivity contribution in [3.63, 3.8) is 0 Å². The molecular formula is C24H30ClN9O3S. The van der Waals surface area contributed by atoms with E-state index >= 15 is 0 Å². The molecule has 4 heterocycles. The van der Waals surface area contributed by atoms with Crippen molar-refractivity contribution in [3.8, 4) is 11.8 Å². The third kappa shape index (κ3) is 4.26. The molecule has 1 saturated heterocycles. The number of ether oxygens (including phenoxy) is 1. The number of nitrogens with two attached hydrogens (primary N) is 1. The van der Waals surface area contributed by atoms with Gasteiger partial charge in [-0.25, -0.2) is 14.6 Å². The smallest absolute Gasteiger partial charge is 0.281 e. The molecule has 3 aromatic rings. The lowest BCUT2D eigenvalue weighted by Gasteiger charge is -2.45. The molecule has 0 aliphatic carbocycles. The van der Waals surface area contributed by atoms with Crippen LogP contribution in [0.1, 0.15) is 42.3 Å². The van der Waals surface area contributed by atoms with Crippen molar-refractivity contribution < 1.29 is 13.2 Å². The van der Waals surface area contributed by atoms with Crippen molar-refractivity contribution >= 4 is 38.7 Å². The number of nitriles is 1. The zero-order valence-corrected chi connectivity index (χ0v) is 23.5. The van der Waals surface area contributed by atoms with Crippen molar-refractivity contribution in [2.45, 2.75) is 45.5 Å². The first-order valence-electron chi connectivity index (χ1n) is 12.2. The Morgan fingerprint density at radius 2 is 2.00 bits per heavy atom. The summed E-state index contributed by atoms with van der Waals surface area (Å²) in [6, 6.07) is 3.65. The standard InChI is InChI=1S/C24H30ClN9O3S/c1-13-8-32(16-9-33(10-16)38(35,36)31(4)5)11-19-18(7-26)20(25)6-17(22(19)37-13)15(3)34-24-21(14(2)30-34)23(27)28-12-29-24/h6,12-13,15-16H,8-11H2,1-5H3,(H2,27,28,29)/t13-,15?/m1/s1. The van der Waals surface area contributed by atoms with Gasteiger partial charge in [0, 0.05) is 57.4 Å². The molecule has 1 aromatic carbocycles. The number of aromatic nitrogens is 4. The highest BCUT2D eigenvalue weighted by atomic mass is 35.5.